The lowest BCUT2D eigenvalue weighted by atomic mass is 10.0. The van der Waals surface area contributed by atoms with Gasteiger partial charge in [-0.1, -0.05) is 11.6 Å². The van der Waals surface area contributed by atoms with Gasteiger partial charge in [-0.2, -0.15) is 0 Å². The molecule has 2 aromatic rings. The van der Waals surface area contributed by atoms with Crippen LogP contribution in [0.4, 0.5) is 14.9 Å². The Morgan fingerprint density at radius 2 is 2.03 bits per heavy atom. The predicted octanol–water partition coefficient (Wildman–Crippen LogP) is 3.30. The fraction of sp³-hybridized carbons (Fsp3) is 0.273. The van der Waals surface area contributed by atoms with Crippen LogP contribution in [0.15, 0.2) is 30.3 Å². The highest BCUT2D eigenvalue weighted by Crippen LogP contribution is 2.30. The molecular weight excluding hydrogens is 441 g/mol. The van der Waals surface area contributed by atoms with Crippen LogP contribution >= 0.6 is 11.6 Å². The number of hydrogen-bond donors (Lipinski definition) is 2. The highest BCUT2D eigenvalue weighted by atomic mass is 35.5. The maximum absolute atomic E-state index is 14.7. The van der Waals surface area contributed by atoms with Crippen LogP contribution in [0.2, 0.25) is 5.02 Å². The van der Waals surface area contributed by atoms with E-state index in [2.05, 4.69) is 10.6 Å². The zero-order chi connectivity index (χ0) is 23.0. The van der Waals surface area contributed by atoms with Gasteiger partial charge in [-0.25, -0.2) is 9.18 Å². The Morgan fingerprint density at radius 1 is 1.25 bits per heavy atom. The van der Waals surface area contributed by atoms with E-state index < -0.39 is 35.7 Å². The van der Waals surface area contributed by atoms with Crippen molar-refractivity contribution in [2.45, 2.75) is 39.0 Å². The fourth-order valence-corrected chi connectivity index (χ4v) is 4.16. The molecule has 2 aliphatic heterocycles. The molecule has 0 saturated carbocycles. The maximum Gasteiger partial charge on any atom is 0.411 e. The van der Waals surface area contributed by atoms with E-state index in [1.807, 2.05) is 6.92 Å². The molecule has 1 saturated heterocycles. The summed E-state index contributed by atoms with van der Waals surface area (Å²) in [5.74, 6) is -2.10. The zero-order valence-electron chi connectivity index (χ0n) is 17.0. The van der Waals surface area contributed by atoms with Gasteiger partial charge in [0.2, 0.25) is 11.8 Å². The van der Waals surface area contributed by atoms with Gasteiger partial charge in [-0.3, -0.25) is 25.0 Å². The van der Waals surface area contributed by atoms with E-state index in [1.165, 1.54) is 17.0 Å². The van der Waals surface area contributed by atoms with Crippen LogP contribution in [0.5, 0.6) is 0 Å². The molecule has 8 nitrogen and oxygen atoms in total. The first-order valence-corrected chi connectivity index (χ1v) is 10.3. The van der Waals surface area contributed by atoms with Crippen molar-refractivity contribution in [1.82, 2.24) is 10.2 Å². The van der Waals surface area contributed by atoms with Gasteiger partial charge >= 0.3 is 6.09 Å². The van der Waals surface area contributed by atoms with Crippen molar-refractivity contribution in [2.75, 3.05) is 5.32 Å². The van der Waals surface area contributed by atoms with E-state index in [0.29, 0.717) is 10.7 Å². The Bertz CT molecular complexity index is 1130. The smallest absolute Gasteiger partial charge is 0.411 e. The third kappa shape index (κ3) is 4.43. The molecule has 166 valence electrons. The number of ether oxygens (including phenoxy) is 1. The lowest BCUT2D eigenvalue weighted by Gasteiger charge is -2.29. The largest absolute Gasteiger partial charge is 0.444 e. The minimum atomic E-state index is -0.835. The van der Waals surface area contributed by atoms with Crippen molar-refractivity contribution in [3.05, 3.63) is 63.4 Å². The van der Waals surface area contributed by atoms with Crippen LogP contribution in [0.3, 0.4) is 0 Å². The van der Waals surface area contributed by atoms with E-state index in [9.17, 15) is 23.6 Å². The summed E-state index contributed by atoms with van der Waals surface area (Å²) in [5.41, 5.74) is 1.88. The van der Waals surface area contributed by atoms with Gasteiger partial charge < -0.3 is 9.64 Å². The number of amides is 4. The lowest BCUT2D eigenvalue weighted by Crippen LogP contribution is -2.52. The lowest BCUT2D eigenvalue weighted by molar-refractivity contribution is -0.136. The number of fused-ring (bicyclic) bond motifs is 1. The quantitative estimate of drug-likeness (QED) is 0.682. The molecule has 2 aromatic carbocycles. The van der Waals surface area contributed by atoms with Gasteiger partial charge in [0.1, 0.15) is 18.5 Å². The summed E-state index contributed by atoms with van der Waals surface area (Å²) in [5, 5.41) is 5.20. The molecule has 0 radical (unpaired) electrons. The van der Waals surface area contributed by atoms with Gasteiger partial charge in [-0.05, 0) is 54.8 Å². The average Bonchev–Trinajstić information content (AvgIpc) is 3.03. The van der Waals surface area contributed by atoms with Crippen LogP contribution in [0.25, 0.3) is 0 Å². The number of benzene rings is 2. The standard InChI is InChI=1S/C22H19ClFN3O5/c1-11-4-13(23)8-14(5-11)25-22(31)32-10-12-6-15-16(17(24)7-12)9-27(21(15)30)18-2-3-19(28)26-20(18)29/h4-8,18H,2-3,9-10H2,1H3,(H,25,31)(H,26,28,29). The summed E-state index contributed by atoms with van der Waals surface area (Å²) >= 11 is 5.96. The predicted molar refractivity (Wildman–Crippen MR) is 112 cm³/mol. The number of imide groups is 1. The second-order valence-electron chi connectivity index (χ2n) is 7.72. The van der Waals surface area contributed by atoms with Crippen molar-refractivity contribution in [3.63, 3.8) is 0 Å². The van der Waals surface area contributed by atoms with E-state index >= 15 is 0 Å². The van der Waals surface area contributed by atoms with Crippen molar-refractivity contribution in [2.24, 2.45) is 0 Å². The molecule has 4 rings (SSSR count). The van der Waals surface area contributed by atoms with Gasteiger partial charge in [0.05, 0.1) is 6.54 Å². The van der Waals surface area contributed by atoms with Crippen LogP contribution < -0.4 is 10.6 Å². The third-order valence-corrected chi connectivity index (χ3v) is 5.54. The van der Waals surface area contributed by atoms with E-state index in [0.717, 1.165) is 5.56 Å². The Hall–Kier alpha value is -3.46. The molecule has 0 spiro atoms. The highest BCUT2D eigenvalue weighted by Gasteiger charge is 2.40. The first-order valence-electron chi connectivity index (χ1n) is 9.88. The molecular formula is C22H19ClFN3O5. The van der Waals surface area contributed by atoms with Gasteiger partial charge in [0.25, 0.3) is 5.91 Å². The molecule has 0 aromatic heterocycles. The molecule has 4 amide bonds. The van der Waals surface area contributed by atoms with Crippen molar-refractivity contribution in [1.29, 1.82) is 0 Å². The van der Waals surface area contributed by atoms with E-state index in [-0.39, 0.29) is 42.7 Å². The number of nitrogens with zero attached hydrogens (tertiary/aromatic N) is 1. The monoisotopic (exact) mass is 459 g/mol. The summed E-state index contributed by atoms with van der Waals surface area (Å²) in [7, 11) is 0. The number of aryl methyl sites for hydroxylation is 1. The van der Waals surface area contributed by atoms with Gasteiger partial charge in [0, 0.05) is 28.3 Å². The van der Waals surface area contributed by atoms with Crippen LogP contribution in [0, 0.1) is 12.7 Å². The Kier molecular flexibility index (Phi) is 5.84. The van der Waals surface area contributed by atoms with E-state index in [1.54, 1.807) is 18.2 Å². The van der Waals surface area contributed by atoms with Crippen molar-refractivity contribution in [3.8, 4) is 0 Å². The number of carbonyl (C=O) groups is 4. The van der Waals surface area contributed by atoms with Crippen LogP contribution in [0.1, 0.15) is 39.9 Å². The molecule has 2 heterocycles. The minimum absolute atomic E-state index is 0.0674. The summed E-state index contributed by atoms with van der Waals surface area (Å²) in [4.78, 5) is 49.7. The Balaban J connectivity index is 1.44. The highest BCUT2D eigenvalue weighted by molar-refractivity contribution is 6.31. The Morgan fingerprint density at radius 3 is 2.75 bits per heavy atom. The number of anilines is 1. The van der Waals surface area contributed by atoms with E-state index in [4.69, 9.17) is 16.3 Å². The molecule has 32 heavy (non-hydrogen) atoms. The second-order valence-corrected chi connectivity index (χ2v) is 8.16. The van der Waals surface area contributed by atoms with Crippen molar-refractivity contribution < 1.29 is 28.3 Å². The summed E-state index contributed by atoms with van der Waals surface area (Å²) in [6.07, 6.45) is -0.464. The summed E-state index contributed by atoms with van der Waals surface area (Å²) in [6.45, 7) is 1.49. The molecule has 2 aliphatic rings. The van der Waals surface area contributed by atoms with Crippen LogP contribution in [-0.4, -0.2) is 34.8 Å². The number of piperidine rings is 1. The minimum Gasteiger partial charge on any atom is -0.444 e. The topological polar surface area (TPSA) is 105 Å². The fourth-order valence-electron chi connectivity index (χ4n) is 3.87. The maximum atomic E-state index is 14.7. The first-order chi connectivity index (χ1) is 15.2. The van der Waals surface area contributed by atoms with Crippen LogP contribution in [-0.2, 0) is 27.5 Å². The Labute approximate surface area is 187 Å². The molecule has 0 bridgehead atoms. The normalized spacial score (nSPS) is 17.8. The summed E-state index contributed by atoms with van der Waals surface area (Å²) < 4.78 is 19.8. The molecule has 10 heteroatoms. The third-order valence-electron chi connectivity index (χ3n) is 5.32. The SMILES string of the molecule is Cc1cc(Cl)cc(NC(=O)OCc2cc(F)c3c(c2)C(=O)N(C2CCC(=O)NC2=O)C3)c1. The molecule has 0 aliphatic carbocycles. The van der Waals surface area contributed by atoms with Gasteiger partial charge in [0.15, 0.2) is 0 Å². The molecule has 1 atom stereocenters. The zero-order valence-corrected chi connectivity index (χ0v) is 17.8. The number of nitrogens with one attached hydrogen (secondary N) is 2. The molecule has 2 N–H and O–H groups in total. The number of rotatable bonds is 4. The summed E-state index contributed by atoms with van der Waals surface area (Å²) in [6, 6.07) is 6.82. The number of hydrogen-bond acceptors (Lipinski definition) is 5. The molecule has 1 unspecified atom stereocenters. The first kappa shape index (κ1) is 21.8. The van der Waals surface area contributed by atoms with Gasteiger partial charge in [-0.15, -0.1) is 0 Å². The average molecular weight is 460 g/mol. The number of carbonyl (C=O) groups excluding carboxylic acids is 4. The molecule has 1 fully saturated rings. The van der Waals surface area contributed by atoms with Crippen molar-refractivity contribution >= 4 is 41.1 Å². The second kappa shape index (κ2) is 8.58. The number of halogens is 2.